The number of amides is 2. The molecule has 2 amide bonds. The minimum absolute atomic E-state index is 0.00117. The Balaban J connectivity index is 2.08. The minimum atomic E-state index is -4.17. The van der Waals surface area contributed by atoms with Crippen molar-refractivity contribution in [1.29, 1.82) is 0 Å². The third-order valence-corrected chi connectivity index (χ3v) is 9.40. The Kier molecular flexibility index (Phi) is 11.2. The van der Waals surface area contributed by atoms with Crippen LogP contribution < -0.4 is 9.62 Å². The lowest BCUT2D eigenvalue weighted by Crippen LogP contribution is -2.53. The molecule has 0 aliphatic carbocycles. The van der Waals surface area contributed by atoms with E-state index in [1.807, 2.05) is 40.7 Å². The van der Waals surface area contributed by atoms with Crippen molar-refractivity contribution >= 4 is 50.7 Å². The molecule has 10 heteroatoms. The van der Waals surface area contributed by atoms with Crippen LogP contribution in [0, 0.1) is 13.8 Å². The molecule has 0 fully saturated rings. The predicted octanol–water partition coefficient (Wildman–Crippen LogP) is 6.53. The molecule has 0 aromatic heterocycles. The summed E-state index contributed by atoms with van der Waals surface area (Å²) in [5.74, 6) is -0.802. The second-order valence-corrected chi connectivity index (χ2v) is 12.9. The van der Waals surface area contributed by atoms with E-state index < -0.39 is 28.5 Å². The maximum absolute atomic E-state index is 14.1. The Morgan fingerprint density at radius 1 is 0.854 bits per heavy atom. The molecule has 3 aromatic rings. The van der Waals surface area contributed by atoms with E-state index in [0.29, 0.717) is 22.2 Å². The standard InChI is InChI=1S/C31H37Cl2N3O4S/c1-6-23(5)34-31(38)29(7-2)35(19-24-9-11-25(32)12-10-24)30(37)20-36(27-15-8-21(3)22(4)18-27)41(39,40)28-16-13-26(33)14-17-28/h8-18,23,29H,6-7,19-20H2,1-5H3,(H,34,38). The summed E-state index contributed by atoms with van der Waals surface area (Å²) in [5, 5.41) is 3.91. The number of carbonyl (C=O) groups is 2. The first kappa shape index (κ1) is 32.4. The van der Waals surface area contributed by atoms with Crippen LogP contribution in [-0.4, -0.2) is 43.8 Å². The number of hydrogen-bond acceptors (Lipinski definition) is 4. The molecule has 0 bridgehead atoms. The number of carbonyl (C=O) groups excluding carboxylic acids is 2. The molecule has 2 atom stereocenters. The zero-order valence-electron chi connectivity index (χ0n) is 24.0. The van der Waals surface area contributed by atoms with Crippen LogP contribution in [0.1, 0.15) is 50.3 Å². The SMILES string of the molecule is CCC(C)NC(=O)C(CC)N(Cc1ccc(Cl)cc1)C(=O)CN(c1ccc(C)c(C)c1)S(=O)(=O)c1ccc(Cl)cc1. The third-order valence-electron chi connectivity index (χ3n) is 7.11. The molecule has 0 heterocycles. The van der Waals surface area contributed by atoms with Gasteiger partial charge in [0.25, 0.3) is 10.0 Å². The molecule has 2 unspecified atom stereocenters. The maximum atomic E-state index is 14.1. The summed E-state index contributed by atoms with van der Waals surface area (Å²) < 4.78 is 29.0. The van der Waals surface area contributed by atoms with Crippen LogP contribution in [0.25, 0.3) is 0 Å². The monoisotopic (exact) mass is 617 g/mol. The van der Waals surface area contributed by atoms with Gasteiger partial charge in [-0.05, 0) is 98.8 Å². The van der Waals surface area contributed by atoms with E-state index >= 15 is 0 Å². The summed E-state index contributed by atoms with van der Waals surface area (Å²) in [7, 11) is -4.17. The Morgan fingerprint density at radius 3 is 1.98 bits per heavy atom. The van der Waals surface area contributed by atoms with Gasteiger partial charge in [-0.3, -0.25) is 13.9 Å². The minimum Gasteiger partial charge on any atom is -0.352 e. The molecule has 7 nitrogen and oxygen atoms in total. The van der Waals surface area contributed by atoms with Crippen LogP contribution in [-0.2, 0) is 26.2 Å². The summed E-state index contributed by atoms with van der Waals surface area (Å²) in [6.07, 6.45) is 1.07. The Hall–Kier alpha value is -3.07. The van der Waals surface area contributed by atoms with Crippen molar-refractivity contribution in [3.63, 3.8) is 0 Å². The van der Waals surface area contributed by atoms with Crippen LogP contribution in [0.3, 0.4) is 0 Å². The van der Waals surface area contributed by atoms with Gasteiger partial charge in [-0.15, -0.1) is 0 Å². The number of nitrogens with one attached hydrogen (secondary N) is 1. The zero-order chi connectivity index (χ0) is 30.3. The number of nitrogens with zero attached hydrogens (tertiary/aromatic N) is 2. The fraction of sp³-hybridized carbons (Fsp3) is 0.355. The third kappa shape index (κ3) is 8.24. The summed E-state index contributed by atoms with van der Waals surface area (Å²) >= 11 is 12.1. The van der Waals surface area contributed by atoms with E-state index in [2.05, 4.69) is 5.32 Å². The van der Waals surface area contributed by atoms with E-state index in [0.717, 1.165) is 27.4 Å². The molecule has 0 radical (unpaired) electrons. The number of halogens is 2. The quantitative estimate of drug-likeness (QED) is 0.250. The molecule has 3 aromatic carbocycles. The fourth-order valence-corrected chi connectivity index (χ4v) is 5.95. The van der Waals surface area contributed by atoms with Gasteiger partial charge in [0.05, 0.1) is 10.6 Å². The van der Waals surface area contributed by atoms with Gasteiger partial charge in [0, 0.05) is 22.6 Å². The van der Waals surface area contributed by atoms with Crippen LogP contribution >= 0.6 is 23.2 Å². The first-order valence-electron chi connectivity index (χ1n) is 13.6. The number of anilines is 1. The number of hydrogen-bond donors (Lipinski definition) is 1. The highest BCUT2D eigenvalue weighted by molar-refractivity contribution is 7.92. The molecular weight excluding hydrogens is 581 g/mol. The van der Waals surface area contributed by atoms with E-state index in [1.54, 1.807) is 36.4 Å². The number of rotatable bonds is 12. The normalized spacial score (nSPS) is 12.9. The molecule has 0 saturated carbocycles. The van der Waals surface area contributed by atoms with E-state index in [1.165, 1.54) is 29.2 Å². The lowest BCUT2D eigenvalue weighted by atomic mass is 10.1. The van der Waals surface area contributed by atoms with Crippen LogP contribution in [0.4, 0.5) is 5.69 Å². The lowest BCUT2D eigenvalue weighted by molar-refractivity contribution is -0.140. The number of aryl methyl sites for hydroxylation is 2. The van der Waals surface area contributed by atoms with E-state index in [9.17, 15) is 18.0 Å². The van der Waals surface area contributed by atoms with E-state index in [-0.39, 0.29) is 23.4 Å². The highest BCUT2D eigenvalue weighted by Gasteiger charge is 2.34. The first-order chi connectivity index (χ1) is 19.4. The molecule has 0 spiro atoms. The van der Waals surface area contributed by atoms with E-state index in [4.69, 9.17) is 23.2 Å². The Morgan fingerprint density at radius 2 is 1.44 bits per heavy atom. The molecule has 3 rings (SSSR count). The molecule has 220 valence electrons. The second kappa shape index (κ2) is 14.2. The molecule has 1 N–H and O–H groups in total. The highest BCUT2D eigenvalue weighted by atomic mass is 35.5. The average Bonchev–Trinajstić information content (AvgIpc) is 2.94. The molecule has 0 aliphatic heterocycles. The number of sulfonamides is 1. The fourth-order valence-electron chi connectivity index (χ4n) is 4.29. The van der Waals surface area contributed by atoms with Gasteiger partial charge in [-0.1, -0.05) is 55.2 Å². The van der Waals surface area contributed by atoms with Crippen LogP contribution in [0.2, 0.25) is 10.0 Å². The Labute approximate surface area is 253 Å². The Bertz CT molecular complexity index is 1460. The van der Waals surface area contributed by atoms with Crippen LogP contribution in [0.5, 0.6) is 0 Å². The zero-order valence-corrected chi connectivity index (χ0v) is 26.4. The molecule has 0 aliphatic rings. The largest absolute Gasteiger partial charge is 0.352 e. The topological polar surface area (TPSA) is 86.8 Å². The van der Waals surface area contributed by atoms with Gasteiger partial charge >= 0.3 is 0 Å². The van der Waals surface area contributed by atoms with Crippen molar-refractivity contribution in [3.8, 4) is 0 Å². The summed E-state index contributed by atoms with van der Waals surface area (Å²) in [6, 6.07) is 17.2. The van der Waals surface area contributed by atoms with Crippen LogP contribution in [0.15, 0.2) is 71.6 Å². The van der Waals surface area contributed by atoms with Gasteiger partial charge < -0.3 is 10.2 Å². The first-order valence-corrected chi connectivity index (χ1v) is 15.8. The molecular formula is C31H37Cl2N3O4S. The van der Waals surface area contributed by atoms with Gasteiger partial charge in [0.15, 0.2) is 0 Å². The molecule has 41 heavy (non-hydrogen) atoms. The van der Waals surface area contributed by atoms with Gasteiger partial charge in [0.1, 0.15) is 12.6 Å². The van der Waals surface area contributed by atoms with Crippen molar-refractivity contribution in [3.05, 3.63) is 93.5 Å². The smallest absolute Gasteiger partial charge is 0.264 e. The van der Waals surface area contributed by atoms with Crippen molar-refractivity contribution in [2.75, 3.05) is 10.8 Å². The number of benzene rings is 3. The van der Waals surface area contributed by atoms with Crippen molar-refractivity contribution in [2.45, 2.75) is 71.0 Å². The maximum Gasteiger partial charge on any atom is 0.264 e. The van der Waals surface area contributed by atoms with Crippen molar-refractivity contribution < 1.29 is 18.0 Å². The average molecular weight is 619 g/mol. The predicted molar refractivity (Wildman–Crippen MR) is 166 cm³/mol. The van der Waals surface area contributed by atoms with Gasteiger partial charge in [-0.2, -0.15) is 0 Å². The second-order valence-electron chi connectivity index (χ2n) is 10.1. The van der Waals surface area contributed by atoms with Crippen molar-refractivity contribution in [1.82, 2.24) is 10.2 Å². The summed E-state index contributed by atoms with van der Waals surface area (Å²) in [6.45, 7) is 9.10. The summed E-state index contributed by atoms with van der Waals surface area (Å²) in [4.78, 5) is 28.9. The van der Waals surface area contributed by atoms with Gasteiger partial charge in [0.2, 0.25) is 11.8 Å². The molecule has 0 saturated heterocycles. The summed E-state index contributed by atoms with van der Waals surface area (Å²) in [5.41, 5.74) is 2.97. The highest BCUT2D eigenvalue weighted by Crippen LogP contribution is 2.27. The lowest BCUT2D eigenvalue weighted by Gasteiger charge is -2.34. The van der Waals surface area contributed by atoms with Crippen molar-refractivity contribution in [2.24, 2.45) is 0 Å². The van der Waals surface area contributed by atoms with Gasteiger partial charge in [-0.25, -0.2) is 8.42 Å².